The van der Waals surface area contributed by atoms with Crippen LogP contribution in [-0.2, 0) is 11.2 Å². The minimum absolute atomic E-state index is 0.104. The van der Waals surface area contributed by atoms with Gasteiger partial charge in [0.1, 0.15) is 5.75 Å². The van der Waals surface area contributed by atoms with Crippen molar-refractivity contribution < 1.29 is 9.53 Å². The Kier molecular flexibility index (Phi) is 5.53. The third-order valence-corrected chi connectivity index (χ3v) is 2.60. The number of benzene rings is 1. The summed E-state index contributed by atoms with van der Waals surface area (Å²) in [4.78, 5) is 11.1. The number of nitrogens with one attached hydrogen (secondary N) is 1. The normalized spacial score (nSPS) is 10.1. The van der Waals surface area contributed by atoms with Gasteiger partial charge in [-0.2, -0.15) is 0 Å². The first kappa shape index (κ1) is 13.6. The van der Waals surface area contributed by atoms with Crippen LogP contribution < -0.4 is 10.1 Å². The fourth-order valence-electron chi connectivity index (χ4n) is 1.66. The Hall–Kier alpha value is -1.51. The van der Waals surface area contributed by atoms with Crippen molar-refractivity contribution in [1.29, 1.82) is 0 Å². The van der Waals surface area contributed by atoms with Gasteiger partial charge in [0, 0.05) is 13.0 Å². The highest BCUT2D eigenvalue weighted by Crippen LogP contribution is 2.19. The fraction of sp³-hybridized carbons (Fsp3) is 0.500. The maximum Gasteiger partial charge on any atom is 0.219 e. The van der Waals surface area contributed by atoms with Gasteiger partial charge < -0.3 is 10.1 Å². The molecule has 3 nitrogen and oxygen atoms in total. The average Bonchev–Trinajstić information content (AvgIpc) is 2.32. The SMILES string of the molecule is CCOc1ccc(CCNC(=O)CC)cc1C. The third-order valence-electron chi connectivity index (χ3n) is 2.60. The molecule has 0 radical (unpaired) electrons. The number of rotatable bonds is 6. The summed E-state index contributed by atoms with van der Waals surface area (Å²) in [7, 11) is 0. The van der Waals surface area contributed by atoms with Crippen molar-refractivity contribution in [2.24, 2.45) is 0 Å². The Morgan fingerprint density at radius 2 is 2.12 bits per heavy atom. The summed E-state index contributed by atoms with van der Waals surface area (Å²) in [5.41, 5.74) is 2.37. The molecule has 0 heterocycles. The van der Waals surface area contributed by atoms with E-state index in [1.54, 1.807) is 0 Å². The molecule has 1 aromatic rings. The van der Waals surface area contributed by atoms with Crippen LogP contribution in [0.3, 0.4) is 0 Å². The zero-order chi connectivity index (χ0) is 12.7. The zero-order valence-corrected chi connectivity index (χ0v) is 10.9. The second-order valence-electron chi connectivity index (χ2n) is 3.99. The standard InChI is InChI=1S/C14H21NO2/c1-4-14(16)15-9-8-12-6-7-13(17-5-2)11(3)10-12/h6-7,10H,4-5,8-9H2,1-3H3,(H,15,16). The molecular formula is C14H21NO2. The van der Waals surface area contributed by atoms with E-state index in [0.717, 1.165) is 17.7 Å². The second-order valence-corrected chi connectivity index (χ2v) is 3.99. The first-order valence-corrected chi connectivity index (χ1v) is 6.16. The van der Waals surface area contributed by atoms with Crippen molar-refractivity contribution in [3.63, 3.8) is 0 Å². The van der Waals surface area contributed by atoms with E-state index in [-0.39, 0.29) is 5.91 Å². The van der Waals surface area contributed by atoms with E-state index in [1.807, 2.05) is 26.8 Å². The summed E-state index contributed by atoms with van der Waals surface area (Å²) in [6.45, 7) is 7.26. The van der Waals surface area contributed by atoms with Gasteiger partial charge in [0.15, 0.2) is 0 Å². The lowest BCUT2D eigenvalue weighted by molar-refractivity contribution is -0.120. The number of aryl methyl sites for hydroxylation is 1. The van der Waals surface area contributed by atoms with E-state index in [2.05, 4.69) is 17.4 Å². The van der Waals surface area contributed by atoms with E-state index in [0.29, 0.717) is 19.6 Å². The van der Waals surface area contributed by atoms with Crippen molar-refractivity contribution >= 4 is 5.91 Å². The number of ether oxygens (including phenoxy) is 1. The minimum atomic E-state index is 0.104. The molecular weight excluding hydrogens is 214 g/mol. The van der Waals surface area contributed by atoms with Crippen LogP contribution in [0, 0.1) is 6.92 Å². The molecule has 1 aromatic carbocycles. The average molecular weight is 235 g/mol. The summed E-state index contributed by atoms with van der Waals surface area (Å²) < 4.78 is 5.48. The third kappa shape index (κ3) is 4.47. The summed E-state index contributed by atoms with van der Waals surface area (Å²) in [5.74, 6) is 1.04. The monoisotopic (exact) mass is 235 g/mol. The van der Waals surface area contributed by atoms with E-state index >= 15 is 0 Å². The van der Waals surface area contributed by atoms with Gasteiger partial charge in [0.2, 0.25) is 5.91 Å². The Morgan fingerprint density at radius 1 is 1.35 bits per heavy atom. The van der Waals surface area contributed by atoms with Gasteiger partial charge in [-0.25, -0.2) is 0 Å². The smallest absolute Gasteiger partial charge is 0.219 e. The Balaban J connectivity index is 2.50. The van der Waals surface area contributed by atoms with Gasteiger partial charge in [0.25, 0.3) is 0 Å². The molecule has 17 heavy (non-hydrogen) atoms. The summed E-state index contributed by atoms with van der Waals surface area (Å²) >= 11 is 0. The van der Waals surface area contributed by atoms with Crippen LogP contribution in [-0.4, -0.2) is 19.1 Å². The lowest BCUT2D eigenvalue weighted by atomic mass is 10.1. The number of hydrogen-bond donors (Lipinski definition) is 1. The van der Waals surface area contributed by atoms with Gasteiger partial charge in [-0.15, -0.1) is 0 Å². The van der Waals surface area contributed by atoms with E-state index in [1.165, 1.54) is 5.56 Å². The molecule has 3 heteroatoms. The Bertz CT molecular complexity index is 374. The Morgan fingerprint density at radius 3 is 2.71 bits per heavy atom. The quantitative estimate of drug-likeness (QED) is 0.822. The first-order chi connectivity index (χ1) is 8.17. The molecule has 0 aromatic heterocycles. The number of carbonyl (C=O) groups is 1. The van der Waals surface area contributed by atoms with E-state index < -0.39 is 0 Å². The van der Waals surface area contributed by atoms with Crippen molar-refractivity contribution in [2.75, 3.05) is 13.2 Å². The van der Waals surface area contributed by atoms with Crippen molar-refractivity contribution in [3.05, 3.63) is 29.3 Å². The van der Waals surface area contributed by atoms with Crippen LogP contribution in [0.2, 0.25) is 0 Å². The predicted molar refractivity (Wildman–Crippen MR) is 69.4 cm³/mol. The van der Waals surface area contributed by atoms with Crippen LogP contribution >= 0.6 is 0 Å². The van der Waals surface area contributed by atoms with Crippen molar-refractivity contribution in [2.45, 2.75) is 33.6 Å². The predicted octanol–water partition coefficient (Wildman–Crippen LogP) is 2.46. The van der Waals surface area contributed by atoms with Crippen LogP contribution in [0.1, 0.15) is 31.4 Å². The van der Waals surface area contributed by atoms with Crippen LogP contribution in [0.15, 0.2) is 18.2 Å². The highest BCUT2D eigenvalue weighted by molar-refractivity contribution is 5.75. The van der Waals surface area contributed by atoms with Crippen LogP contribution in [0.5, 0.6) is 5.75 Å². The van der Waals surface area contributed by atoms with Crippen LogP contribution in [0.4, 0.5) is 0 Å². The minimum Gasteiger partial charge on any atom is -0.494 e. The molecule has 0 saturated heterocycles. The van der Waals surface area contributed by atoms with Crippen molar-refractivity contribution in [3.8, 4) is 5.75 Å². The maximum atomic E-state index is 11.1. The van der Waals surface area contributed by atoms with Gasteiger partial charge in [0.05, 0.1) is 6.61 Å². The molecule has 1 amide bonds. The topological polar surface area (TPSA) is 38.3 Å². The molecule has 0 spiro atoms. The van der Waals surface area contributed by atoms with E-state index in [4.69, 9.17) is 4.74 Å². The summed E-state index contributed by atoms with van der Waals surface area (Å²) in [6.07, 6.45) is 1.40. The molecule has 0 aliphatic rings. The van der Waals surface area contributed by atoms with Gasteiger partial charge in [-0.05, 0) is 37.5 Å². The molecule has 1 N–H and O–H groups in total. The molecule has 0 fully saturated rings. The van der Waals surface area contributed by atoms with Gasteiger partial charge in [-0.1, -0.05) is 19.1 Å². The first-order valence-electron chi connectivity index (χ1n) is 6.16. The largest absolute Gasteiger partial charge is 0.494 e. The van der Waals surface area contributed by atoms with E-state index in [9.17, 15) is 4.79 Å². The molecule has 0 atom stereocenters. The molecule has 0 aliphatic carbocycles. The lowest BCUT2D eigenvalue weighted by Crippen LogP contribution is -2.24. The highest BCUT2D eigenvalue weighted by atomic mass is 16.5. The van der Waals surface area contributed by atoms with Gasteiger partial charge in [-0.3, -0.25) is 4.79 Å². The van der Waals surface area contributed by atoms with Crippen LogP contribution in [0.25, 0.3) is 0 Å². The fourth-order valence-corrected chi connectivity index (χ4v) is 1.66. The summed E-state index contributed by atoms with van der Waals surface area (Å²) in [5, 5.41) is 2.87. The number of amides is 1. The molecule has 1 rings (SSSR count). The number of carbonyl (C=O) groups excluding carboxylic acids is 1. The molecule has 0 bridgehead atoms. The molecule has 0 saturated carbocycles. The molecule has 0 aliphatic heterocycles. The maximum absolute atomic E-state index is 11.1. The Labute approximate surface area is 103 Å². The molecule has 94 valence electrons. The van der Waals surface area contributed by atoms with Crippen molar-refractivity contribution in [1.82, 2.24) is 5.32 Å². The number of hydrogen-bond acceptors (Lipinski definition) is 2. The van der Waals surface area contributed by atoms with Gasteiger partial charge >= 0.3 is 0 Å². The second kappa shape index (κ2) is 6.94. The highest BCUT2D eigenvalue weighted by Gasteiger charge is 2.01. The zero-order valence-electron chi connectivity index (χ0n) is 10.9. The molecule has 0 unspecified atom stereocenters. The summed E-state index contributed by atoms with van der Waals surface area (Å²) in [6, 6.07) is 6.16. The lowest BCUT2D eigenvalue weighted by Gasteiger charge is -2.09.